The van der Waals surface area contributed by atoms with Crippen molar-refractivity contribution in [3.63, 3.8) is 0 Å². The Kier molecular flexibility index (Phi) is 3.66. The van der Waals surface area contributed by atoms with Gasteiger partial charge in [0.05, 0.1) is 12.1 Å². The fourth-order valence-electron chi connectivity index (χ4n) is 2.42. The predicted molar refractivity (Wildman–Crippen MR) is 68.0 cm³/mol. The number of rotatable bonds is 2. The first-order valence-electron chi connectivity index (χ1n) is 5.47. The molecule has 3 nitrogen and oxygen atoms in total. The minimum absolute atomic E-state index is 0.341. The number of ether oxygens (including phenoxy) is 1. The zero-order chi connectivity index (χ0) is 10.8. The molecule has 2 rings (SSSR count). The van der Waals surface area contributed by atoms with E-state index in [1.54, 1.807) is 0 Å². The SMILES string of the molecule is COC1CCCCC1n1nc(I)cc1C. The van der Waals surface area contributed by atoms with E-state index in [2.05, 4.69) is 45.4 Å². The molecule has 1 saturated carbocycles. The molecule has 2 atom stereocenters. The molecule has 1 aromatic heterocycles. The van der Waals surface area contributed by atoms with Gasteiger partial charge < -0.3 is 4.74 Å². The van der Waals surface area contributed by atoms with E-state index in [0.29, 0.717) is 12.1 Å². The van der Waals surface area contributed by atoms with Gasteiger partial charge in [-0.3, -0.25) is 4.68 Å². The zero-order valence-corrected chi connectivity index (χ0v) is 11.4. The highest BCUT2D eigenvalue weighted by Gasteiger charge is 2.27. The standard InChI is InChI=1S/C11H17IN2O/c1-8-7-11(12)13-14(8)9-5-3-4-6-10(9)15-2/h7,9-10H,3-6H2,1-2H3. The number of hydrogen-bond donors (Lipinski definition) is 0. The lowest BCUT2D eigenvalue weighted by Gasteiger charge is -2.31. The van der Waals surface area contributed by atoms with Crippen LogP contribution < -0.4 is 0 Å². The molecule has 2 unspecified atom stereocenters. The summed E-state index contributed by atoms with van der Waals surface area (Å²) in [6.45, 7) is 2.12. The van der Waals surface area contributed by atoms with E-state index in [1.165, 1.54) is 25.0 Å². The van der Waals surface area contributed by atoms with Crippen molar-refractivity contribution in [1.82, 2.24) is 9.78 Å². The minimum Gasteiger partial charge on any atom is -0.379 e. The second kappa shape index (κ2) is 4.82. The maximum Gasteiger partial charge on any atom is 0.123 e. The topological polar surface area (TPSA) is 27.1 Å². The van der Waals surface area contributed by atoms with E-state index < -0.39 is 0 Å². The van der Waals surface area contributed by atoms with Crippen LogP contribution in [0.1, 0.15) is 37.4 Å². The molecule has 0 amide bonds. The van der Waals surface area contributed by atoms with Crippen LogP contribution in [0.5, 0.6) is 0 Å². The van der Waals surface area contributed by atoms with Gasteiger partial charge in [-0.05, 0) is 48.4 Å². The predicted octanol–water partition coefficient (Wildman–Crippen LogP) is 2.93. The molecular formula is C11H17IN2O. The van der Waals surface area contributed by atoms with Crippen LogP contribution in [-0.2, 0) is 4.74 Å². The van der Waals surface area contributed by atoms with Crippen molar-refractivity contribution in [3.05, 3.63) is 15.5 Å². The molecule has 1 aliphatic carbocycles. The molecule has 0 aliphatic heterocycles. The summed E-state index contributed by atoms with van der Waals surface area (Å²) in [6.07, 6.45) is 5.27. The number of hydrogen-bond acceptors (Lipinski definition) is 2. The molecule has 0 aromatic carbocycles. The van der Waals surface area contributed by atoms with E-state index in [0.717, 1.165) is 10.1 Å². The molecule has 1 aromatic rings. The van der Waals surface area contributed by atoms with Crippen LogP contribution in [0.3, 0.4) is 0 Å². The van der Waals surface area contributed by atoms with Crippen LogP contribution in [0.15, 0.2) is 6.07 Å². The lowest BCUT2D eigenvalue weighted by atomic mass is 9.92. The molecule has 1 fully saturated rings. The van der Waals surface area contributed by atoms with Crippen molar-refractivity contribution >= 4 is 22.6 Å². The molecule has 84 valence electrons. The molecule has 4 heteroatoms. The largest absolute Gasteiger partial charge is 0.379 e. The molecular weight excluding hydrogens is 303 g/mol. The van der Waals surface area contributed by atoms with Crippen LogP contribution in [0, 0.1) is 10.6 Å². The third-order valence-electron chi connectivity index (χ3n) is 3.18. The average Bonchev–Trinajstić information content (AvgIpc) is 2.57. The highest BCUT2D eigenvalue weighted by molar-refractivity contribution is 14.1. The van der Waals surface area contributed by atoms with Crippen molar-refractivity contribution in [3.8, 4) is 0 Å². The number of aryl methyl sites for hydroxylation is 1. The summed E-state index contributed by atoms with van der Waals surface area (Å²) in [7, 11) is 1.81. The van der Waals surface area contributed by atoms with Crippen LogP contribution in [0.2, 0.25) is 0 Å². The van der Waals surface area contributed by atoms with Gasteiger partial charge in [-0.25, -0.2) is 0 Å². The molecule has 0 spiro atoms. The minimum atomic E-state index is 0.341. The van der Waals surface area contributed by atoms with Crippen molar-refractivity contribution < 1.29 is 4.74 Å². The third kappa shape index (κ3) is 2.36. The van der Waals surface area contributed by atoms with E-state index in [9.17, 15) is 0 Å². The maximum absolute atomic E-state index is 5.56. The molecule has 1 heterocycles. The highest BCUT2D eigenvalue weighted by atomic mass is 127. The molecule has 0 saturated heterocycles. The third-order valence-corrected chi connectivity index (χ3v) is 3.70. The summed E-state index contributed by atoms with van der Waals surface area (Å²) >= 11 is 2.27. The van der Waals surface area contributed by atoms with Crippen LogP contribution >= 0.6 is 22.6 Å². The van der Waals surface area contributed by atoms with Gasteiger partial charge in [0.2, 0.25) is 0 Å². The Morgan fingerprint density at radius 3 is 2.80 bits per heavy atom. The second-order valence-electron chi connectivity index (χ2n) is 4.18. The summed E-state index contributed by atoms with van der Waals surface area (Å²) in [5.74, 6) is 0. The summed E-state index contributed by atoms with van der Waals surface area (Å²) in [5.41, 5.74) is 1.24. The fourth-order valence-corrected chi connectivity index (χ4v) is 3.10. The Morgan fingerprint density at radius 1 is 1.47 bits per heavy atom. The van der Waals surface area contributed by atoms with E-state index >= 15 is 0 Å². The van der Waals surface area contributed by atoms with Crippen LogP contribution in [-0.4, -0.2) is 23.0 Å². The van der Waals surface area contributed by atoms with Gasteiger partial charge in [-0.1, -0.05) is 12.8 Å². The molecule has 15 heavy (non-hydrogen) atoms. The number of halogens is 1. The molecule has 0 bridgehead atoms. The summed E-state index contributed by atoms with van der Waals surface area (Å²) < 4.78 is 8.78. The normalized spacial score (nSPS) is 26.9. The van der Waals surface area contributed by atoms with Gasteiger partial charge in [0, 0.05) is 12.8 Å². The second-order valence-corrected chi connectivity index (χ2v) is 5.28. The number of methoxy groups -OCH3 is 1. The molecule has 0 N–H and O–H groups in total. The Balaban J connectivity index is 2.23. The van der Waals surface area contributed by atoms with Gasteiger partial charge in [-0.2, -0.15) is 5.10 Å². The van der Waals surface area contributed by atoms with E-state index in [1.807, 2.05) is 7.11 Å². The summed E-state index contributed by atoms with van der Waals surface area (Å²) in [4.78, 5) is 0. The van der Waals surface area contributed by atoms with Crippen molar-refractivity contribution in [1.29, 1.82) is 0 Å². The maximum atomic E-state index is 5.56. The first-order chi connectivity index (χ1) is 7.22. The summed E-state index contributed by atoms with van der Waals surface area (Å²) in [6, 6.07) is 2.56. The lowest BCUT2D eigenvalue weighted by molar-refractivity contribution is 0.0237. The van der Waals surface area contributed by atoms with Crippen molar-refractivity contribution in [2.75, 3.05) is 7.11 Å². The number of aromatic nitrogens is 2. The first kappa shape index (κ1) is 11.4. The highest BCUT2D eigenvalue weighted by Crippen LogP contribution is 2.31. The zero-order valence-electron chi connectivity index (χ0n) is 9.24. The van der Waals surface area contributed by atoms with Crippen LogP contribution in [0.4, 0.5) is 0 Å². The Morgan fingerprint density at radius 2 is 2.20 bits per heavy atom. The van der Waals surface area contributed by atoms with Gasteiger partial charge in [0.25, 0.3) is 0 Å². The van der Waals surface area contributed by atoms with Crippen LogP contribution in [0.25, 0.3) is 0 Å². The van der Waals surface area contributed by atoms with E-state index in [-0.39, 0.29) is 0 Å². The average molecular weight is 320 g/mol. The van der Waals surface area contributed by atoms with Gasteiger partial charge in [0.15, 0.2) is 0 Å². The van der Waals surface area contributed by atoms with E-state index in [4.69, 9.17) is 4.74 Å². The van der Waals surface area contributed by atoms with Gasteiger partial charge in [-0.15, -0.1) is 0 Å². The monoisotopic (exact) mass is 320 g/mol. The molecule has 0 radical (unpaired) electrons. The van der Waals surface area contributed by atoms with Crippen molar-refractivity contribution in [2.24, 2.45) is 0 Å². The fraction of sp³-hybridized carbons (Fsp3) is 0.727. The van der Waals surface area contributed by atoms with Gasteiger partial charge in [0.1, 0.15) is 3.70 Å². The Hall–Kier alpha value is -0.100. The lowest BCUT2D eigenvalue weighted by Crippen LogP contribution is -2.30. The molecule has 1 aliphatic rings. The number of nitrogens with zero attached hydrogens (tertiary/aromatic N) is 2. The Labute approximate surface area is 104 Å². The van der Waals surface area contributed by atoms with Crippen molar-refractivity contribution in [2.45, 2.75) is 44.8 Å². The first-order valence-corrected chi connectivity index (χ1v) is 6.54. The Bertz CT molecular complexity index is 337. The summed E-state index contributed by atoms with van der Waals surface area (Å²) in [5, 5.41) is 4.56. The van der Waals surface area contributed by atoms with Gasteiger partial charge >= 0.3 is 0 Å². The smallest absolute Gasteiger partial charge is 0.123 e. The quantitative estimate of drug-likeness (QED) is 0.784.